The minimum atomic E-state index is -1.24. The van der Waals surface area contributed by atoms with Crippen LogP contribution in [0, 0.1) is 42.9 Å². The number of rotatable bonds is 15. The van der Waals surface area contributed by atoms with Gasteiger partial charge in [0.1, 0.15) is 11.9 Å². The Morgan fingerprint density at radius 1 is 0.590 bits per heavy atom. The predicted octanol–water partition coefficient (Wildman–Crippen LogP) is 7.18. The Kier molecular flexibility index (Phi) is 12.5. The summed E-state index contributed by atoms with van der Waals surface area (Å²) in [7, 11) is 0. The molecule has 0 heterocycles. The average molecular weight is 541 g/mol. The fourth-order valence-corrected chi connectivity index (χ4v) is 5.81. The smallest absolute Gasteiger partial charge is 0.136 e. The van der Waals surface area contributed by atoms with Crippen LogP contribution >= 0.6 is 0 Å². The lowest BCUT2D eigenvalue weighted by molar-refractivity contribution is -0.0752. The summed E-state index contributed by atoms with van der Waals surface area (Å²) in [6, 6.07) is 8.98. The van der Waals surface area contributed by atoms with Crippen LogP contribution in [0.5, 0.6) is 5.75 Å². The lowest BCUT2D eigenvalue weighted by Crippen LogP contribution is -2.43. The monoisotopic (exact) mass is 540 g/mol. The van der Waals surface area contributed by atoms with Crippen molar-refractivity contribution in [3.05, 3.63) is 63.2 Å². The van der Waals surface area contributed by atoms with Crippen LogP contribution in [0.25, 0.3) is 0 Å². The molecule has 39 heavy (non-hydrogen) atoms. The fraction of sp³-hybridized carbons (Fsp3) is 0.657. The molecule has 0 aliphatic heterocycles. The zero-order chi connectivity index (χ0) is 29.5. The standard InChI is InChI=1S/C35H56O4/c1-22(2)11-28-15-26(9)32(30(17-28)13-24(5)6)34(35(19-36,20-37)21-38)39-33-27(10)16-29(12-23(3)4)18-31(33)14-25(7)8/h15-18,22-25,34,36-38H,11-14,19-21H2,1-10H3. The molecular formula is C35H56O4. The van der Waals surface area contributed by atoms with E-state index < -0.39 is 11.5 Å². The first-order valence-electron chi connectivity index (χ1n) is 15.0. The highest BCUT2D eigenvalue weighted by atomic mass is 16.5. The SMILES string of the molecule is Cc1cc(CC(C)C)cc(CC(C)C)c1OC(c1c(C)cc(CC(C)C)cc1CC(C)C)C(CO)(CO)CO. The third kappa shape index (κ3) is 8.80. The number of ether oxygens (including phenoxy) is 1. The van der Waals surface area contributed by atoms with Crippen molar-refractivity contribution in [1.29, 1.82) is 0 Å². The van der Waals surface area contributed by atoms with Crippen LogP contribution in [-0.2, 0) is 25.7 Å². The van der Waals surface area contributed by atoms with Gasteiger partial charge in [0, 0.05) is 0 Å². The van der Waals surface area contributed by atoms with Gasteiger partial charge in [0.05, 0.1) is 25.2 Å². The van der Waals surface area contributed by atoms with Gasteiger partial charge < -0.3 is 20.1 Å². The molecule has 3 N–H and O–H groups in total. The molecule has 1 unspecified atom stereocenters. The average Bonchev–Trinajstić information content (AvgIpc) is 2.80. The summed E-state index contributed by atoms with van der Waals surface area (Å²) in [6.45, 7) is 20.8. The van der Waals surface area contributed by atoms with E-state index in [4.69, 9.17) is 4.74 Å². The summed E-state index contributed by atoms with van der Waals surface area (Å²) in [5.41, 5.74) is 6.78. The third-order valence-corrected chi connectivity index (χ3v) is 7.49. The van der Waals surface area contributed by atoms with E-state index in [1.807, 2.05) is 0 Å². The number of aliphatic hydroxyl groups is 3. The van der Waals surface area contributed by atoms with Crippen LogP contribution in [-0.4, -0.2) is 35.1 Å². The van der Waals surface area contributed by atoms with Gasteiger partial charge in [-0.3, -0.25) is 0 Å². The molecule has 0 aliphatic carbocycles. The van der Waals surface area contributed by atoms with Crippen molar-refractivity contribution < 1.29 is 20.1 Å². The minimum absolute atomic E-state index is 0.386. The molecule has 0 radical (unpaired) electrons. The summed E-state index contributed by atoms with van der Waals surface area (Å²) in [4.78, 5) is 0. The maximum absolute atomic E-state index is 10.7. The molecule has 0 saturated heterocycles. The van der Waals surface area contributed by atoms with Crippen molar-refractivity contribution in [1.82, 2.24) is 0 Å². The van der Waals surface area contributed by atoms with E-state index >= 15 is 0 Å². The topological polar surface area (TPSA) is 69.9 Å². The Morgan fingerprint density at radius 2 is 1.00 bits per heavy atom. The molecule has 0 bridgehead atoms. The molecule has 0 amide bonds. The van der Waals surface area contributed by atoms with Crippen molar-refractivity contribution in [2.24, 2.45) is 29.1 Å². The summed E-state index contributed by atoms with van der Waals surface area (Å²) < 4.78 is 7.01. The van der Waals surface area contributed by atoms with E-state index in [1.165, 1.54) is 16.7 Å². The lowest BCUT2D eigenvalue weighted by atomic mass is 9.76. The molecule has 0 saturated carbocycles. The van der Waals surface area contributed by atoms with E-state index in [0.29, 0.717) is 23.7 Å². The van der Waals surface area contributed by atoms with Crippen LogP contribution in [0.1, 0.15) is 100 Å². The van der Waals surface area contributed by atoms with Crippen LogP contribution in [0.3, 0.4) is 0 Å². The molecular weight excluding hydrogens is 484 g/mol. The normalized spacial score (nSPS) is 13.3. The Morgan fingerprint density at radius 3 is 1.44 bits per heavy atom. The predicted molar refractivity (Wildman–Crippen MR) is 164 cm³/mol. The maximum Gasteiger partial charge on any atom is 0.136 e. The molecule has 1 atom stereocenters. The molecule has 220 valence electrons. The van der Waals surface area contributed by atoms with Gasteiger partial charge in [-0.1, -0.05) is 79.7 Å². The fourth-order valence-electron chi connectivity index (χ4n) is 5.81. The van der Waals surface area contributed by atoms with E-state index in [2.05, 4.69) is 93.5 Å². The van der Waals surface area contributed by atoms with E-state index in [-0.39, 0.29) is 19.8 Å². The summed E-state index contributed by atoms with van der Waals surface area (Å²) in [5, 5.41) is 32.0. The highest BCUT2D eigenvalue weighted by Gasteiger charge is 2.43. The number of hydrogen-bond acceptors (Lipinski definition) is 4. The van der Waals surface area contributed by atoms with E-state index in [1.54, 1.807) is 0 Å². The van der Waals surface area contributed by atoms with Gasteiger partial charge in [0.2, 0.25) is 0 Å². The summed E-state index contributed by atoms with van der Waals surface area (Å²) in [6.07, 6.45) is 2.99. The Balaban J connectivity index is 2.84. The number of aryl methyl sites for hydroxylation is 2. The summed E-state index contributed by atoms with van der Waals surface area (Å²) >= 11 is 0. The van der Waals surface area contributed by atoms with Crippen molar-refractivity contribution in [2.45, 2.75) is 101 Å². The zero-order valence-corrected chi connectivity index (χ0v) is 26.4. The maximum atomic E-state index is 10.7. The van der Waals surface area contributed by atoms with Gasteiger partial charge in [0.15, 0.2) is 0 Å². The molecule has 2 aromatic rings. The van der Waals surface area contributed by atoms with Crippen LogP contribution in [0.4, 0.5) is 0 Å². The highest BCUT2D eigenvalue weighted by molar-refractivity contribution is 5.47. The lowest BCUT2D eigenvalue weighted by Gasteiger charge is -2.39. The molecule has 2 aromatic carbocycles. The molecule has 2 rings (SSSR count). The zero-order valence-electron chi connectivity index (χ0n) is 26.4. The molecule has 4 heteroatoms. The van der Waals surface area contributed by atoms with Gasteiger partial charge in [-0.15, -0.1) is 0 Å². The van der Waals surface area contributed by atoms with Crippen molar-refractivity contribution in [3.63, 3.8) is 0 Å². The second-order valence-corrected chi connectivity index (χ2v) is 13.6. The van der Waals surface area contributed by atoms with Gasteiger partial charge in [0.25, 0.3) is 0 Å². The Labute approximate surface area is 238 Å². The third-order valence-electron chi connectivity index (χ3n) is 7.49. The second kappa shape index (κ2) is 14.7. The van der Waals surface area contributed by atoms with Gasteiger partial charge in [-0.2, -0.15) is 0 Å². The molecule has 4 nitrogen and oxygen atoms in total. The van der Waals surface area contributed by atoms with Gasteiger partial charge in [-0.05, 0) is 102 Å². The molecule has 0 fully saturated rings. The quantitative estimate of drug-likeness (QED) is 0.224. The van der Waals surface area contributed by atoms with Crippen LogP contribution in [0.15, 0.2) is 24.3 Å². The summed E-state index contributed by atoms with van der Waals surface area (Å²) in [5.74, 6) is 2.74. The highest BCUT2D eigenvalue weighted by Crippen LogP contribution is 2.43. The molecule has 0 spiro atoms. The van der Waals surface area contributed by atoms with Crippen molar-refractivity contribution >= 4 is 0 Å². The Hall–Kier alpha value is -1.88. The Bertz CT molecular complexity index is 1040. The van der Waals surface area contributed by atoms with E-state index in [9.17, 15) is 15.3 Å². The largest absolute Gasteiger partial charge is 0.484 e. The molecule has 0 aliphatic rings. The number of aliphatic hydroxyl groups excluding tert-OH is 3. The van der Waals surface area contributed by atoms with Crippen molar-refractivity contribution in [2.75, 3.05) is 19.8 Å². The van der Waals surface area contributed by atoms with Crippen molar-refractivity contribution in [3.8, 4) is 5.75 Å². The van der Waals surface area contributed by atoms with Crippen LogP contribution < -0.4 is 4.74 Å². The number of hydrogen-bond donors (Lipinski definition) is 3. The van der Waals surface area contributed by atoms with E-state index in [0.717, 1.165) is 53.7 Å². The second-order valence-electron chi connectivity index (χ2n) is 13.6. The van der Waals surface area contributed by atoms with Gasteiger partial charge in [-0.25, -0.2) is 0 Å². The minimum Gasteiger partial charge on any atom is -0.484 e. The van der Waals surface area contributed by atoms with Gasteiger partial charge >= 0.3 is 0 Å². The molecule has 0 aromatic heterocycles. The first-order chi connectivity index (χ1) is 18.3. The number of benzene rings is 2. The van der Waals surface area contributed by atoms with Crippen LogP contribution in [0.2, 0.25) is 0 Å². The first kappa shape index (κ1) is 33.3. The first-order valence-corrected chi connectivity index (χ1v) is 15.0.